The minimum absolute atomic E-state index is 0.106. The zero-order valence-corrected chi connectivity index (χ0v) is 23.2. The van der Waals surface area contributed by atoms with E-state index in [9.17, 15) is 15.4 Å². The molecule has 0 aliphatic heterocycles. The van der Waals surface area contributed by atoms with Crippen LogP contribution < -0.4 is 9.47 Å². The third-order valence-electron chi connectivity index (χ3n) is 5.86. The molecular weight excluding hydrogens is 538 g/mol. The summed E-state index contributed by atoms with van der Waals surface area (Å²) in [5, 5.41) is 29.7. The van der Waals surface area contributed by atoms with Crippen molar-refractivity contribution in [2.24, 2.45) is 0 Å². The summed E-state index contributed by atoms with van der Waals surface area (Å²) in [4.78, 5) is 11.3. The Labute approximate surface area is 235 Å². The SMILES string of the molecule is CCOc1cc([C@H](C[N+](=O)[O-])Sc2nnc(C)n2-c2ccc(C)cc2)cc(Cl)c1OCc1ccccc1C#N. The molecule has 4 rings (SSSR count). The van der Waals surface area contributed by atoms with Gasteiger partial charge in [-0.1, -0.05) is 59.3 Å². The summed E-state index contributed by atoms with van der Waals surface area (Å²) in [6.07, 6.45) is 0. The van der Waals surface area contributed by atoms with Gasteiger partial charge >= 0.3 is 0 Å². The zero-order chi connectivity index (χ0) is 27.9. The second-order valence-electron chi connectivity index (χ2n) is 8.64. The van der Waals surface area contributed by atoms with Crippen molar-refractivity contribution in [1.82, 2.24) is 14.8 Å². The van der Waals surface area contributed by atoms with Crippen LogP contribution in [0.5, 0.6) is 11.5 Å². The monoisotopic (exact) mass is 563 g/mol. The minimum atomic E-state index is -0.641. The lowest BCUT2D eigenvalue weighted by Gasteiger charge is -2.19. The number of aryl methyl sites for hydroxylation is 2. The van der Waals surface area contributed by atoms with Crippen LogP contribution in [0.1, 0.15) is 40.3 Å². The number of thioether (sulfide) groups is 1. The molecule has 0 amide bonds. The molecular formula is C28H26ClN5O4S. The summed E-state index contributed by atoms with van der Waals surface area (Å²) < 4.78 is 13.7. The lowest BCUT2D eigenvalue weighted by molar-refractivity contribution is -0.479. The van der Waals surface area contributed by atoms with Gasteiger partial charge in [0.05, 0.1) is 23.3 Å². The summed E-state index contributed by atoms with van der Waals surface area (Å²) >= 11 is 7.89. The van der Waals surface area contributed by atoms with Crippen LogP contribution in [0.15, 0.2) is 65.8 Å². The lowest BCUT2D eigenvalue weighted by atomic mass is 10.1. The Bertz CT molecular complexity index is 1520. The number of nitriles is 1. The Morgan fingerprint density at radius 3 is 2.56 bits per heavy atom. The maximum absolute atomic E-state index is 11.7. The second kappa shape index (κ2) is 12.7. The molecule has 4 aromatic rings. The van der Waals surface area contributed by atoms with Gasteiger partial charge < -0.3 is 9.47 Å². The number of hydrogen-bond acceptors (Lipinski definition) is 8. The van der Waals surface area contributed by atoms with Gasteiger partial charge in [-0.25, -0.2) is 0 Å². The first-order chi connectivity index (χ1) is 18.8. The number of hydrogen-bond donors (Lipinski definition) is 0. The molecule has 1 heterocycles. The van der Waals surface area contributed by atoms with E-state index in [-0.39, 0.29) is 23.1 Å². The van der Waals surface area contributed by atoms with Crippen molar-refractivity contribution < 1.29 is 14.4 Å². The summed E-state index contributed by atoms with van der Waals surface area (Å²) in [6, 6.07) is 20.5. The van der Waals surface area contributed by atoms with Crippen molar-refractivity contribution in [3.05, 3.63) is 104 Å². The Balaban J connectivity index is 1.68. The molecule has 0 aliphatic carbocycles. The number of aromatic nitrogens is 3. The summed E-state index contributed by atoms with van der Waals surface area (Å²) in [5.74, 6) is 1.33. The van der Waals surface area contributed by atoms with Crippen LogP contribution in [0.2, 0.25) is 5.02 Å². The number of halogens is 1. The number of benzene rings is 3. The van der Waals surface area contributed by atoms with Crippen LogP contribution in [0, 0.1) is 35.3 Å². The third kappa shape index (κ3) is 6.69. The molecule has 0 saturated heterocycles. The molecule has 39 heavy (non-hydrogen) atoms. The Kier molecular flexibility index (Phi) is 9.07. The summed E-state index contributed by atoms with van der Waals surface area (Å²) in [7, 11) is 0. The fourth-order valence-electron chi connectivity index (χ4n) is 3.97. The molecule has 0 saturated carbocycles. The van der Waals surface area contributed by atoms with E-state index < -0.39 is 5.25 Å². The van der Waals surface area contributed by atoms with Crippen molar-refractivity contribution in [1.29, 1.82) is 5.26 Å². The highest BCUT2D eigenvalue weighted by Crippen LogP contribution is 2.43. The van der Waals surface area contributed by atoms with Gasteiger partial charge in [-0.15, -0.1) is 10.2 Å². The first kappa shape index (κ1) is 28.0. The first-order valence-corrected chi connectivity index (χ1v) is 13.4. The largest absolute Gasteiger partial charge is 0.490 e. The maximum atomic E-state index is 11.7. The van der Waals surface area contributed by atoms with Crippen LogP contribution in [0.4, 0.5) is 0 Å². The Morgan fingerprint density at radius 1 is 1.13 bits per heavy atom. The van der Waals surface area contributed by atoms with Gasteiger partial charge in [-0.2, -0.15) is 5.26 Å². The molecule has 1 atom stereocenters. The number of nitro groups is 1. The van der Waals surface area contributed by atoms with Crippen LogP contribution in [0.25, 0.3) is 5.69 Å². The molecule has 200 valence electrons. The predicted molar refractivity (Wildman–Crippen MR) is 149 cm³/mol. The lowest BCUT2D eigenvalue weighted by Crippen LogP contribution is -2.12. The normalized spacial score (nSPS) is 11.6. The van der Waals surface area contributed by atoms with Gasteiger partial charge in [0.1, 0.15) is 17.7 Å². The average Bonchev–Trinajstić information content (AvgIpc) is 3.28. The Morgan fingerprint density at radius 2 is 1.87 bits per heavy atom. The van der Waals surface area contributed by atoms with E-state index in [2.05, 4.69) is 16.3 Å². The van der Waals surface area contributed by atoms with E-state index >= 15 is 0 Å². The van der Waals surface area contributed by atoms with Crippen LogP contribution >= 0.6 is 23.4 Å². The van der Waals surface area contributed by atoms with Crippen LogP contribution in [-0.2, 0) is 6.61 Å². The third-order valence-corrected chi connectivity index (χ3v) is 7.32. The van der Waals surface area contributed by atoms with E-state index in [1.165, 1.54) is 11.8 Å². The van der Waals surface area contributed by atoms with Crippen molar-refractivity contribution >= 4 is 23.4 Å². The highest BCUT2D eigenvalue weighted by molar-refractivity contribution is 7.99. The molecule has 0 radical (unpaired) electrons. The molecule has 1 aromatic heterocycles. The van der Waals surface area contributed by atoms with E-state index in [0.717, 1.165) is 11.3 Å². The van der Waals surface area contributed by atoms with E-state index in [0.29, 0.717) is 45.8 Å². The standard InChI is InChI=1S/C28H26ClN5O4S/c1-4-37-25-14-22(13-24(29)27(25)38-17-21-8-6-5-7-20(21)15-30)26(16-33(35)36)39-28-32-31-19(3)34(28)23-11-9-18(2)10-12-23/h5-14,26H,4,16-17H2,1-3H3/t26-/m0/s1. The Hall–Kier alpha value is -4.07. The fourth-order valence-corrected chi connectivity index (χ4v) is 5.39. The number of nitrogens with zero attached hydrogens (tertiary/aromatic N) is 5. The zero-order valence-electron chi connectivity index (χ0n) is 21.6. The van der Waals surface area contributed by atoms with Crippen molar-refractivity contribution in [2.75, 3.05) is 13.2 Å². The molecule has 3 aromatic carbocycles. The van der Waals surface area contributed by atoms with Crippen molar-refractivity contribution in [3.8, 4) is 23.3 Å². The molecule has 0 unspecified atom stereocenters. The quantitative estimate of drug-likeness (QED) is 0.115. The highest BCUT2D eigenvalue weighted by atomic mass is 35.5. The molecule has 0 fully saturated rings. The molecule has 0 N–H and O–H groups in total. The van der Waals surface area contributed by atoms with Gasteiger partial charge in [0.2, 0.25) is 6.54 Å². The van der Waals surface area contributed by atoms with Gasteiger partial charge in [0.25, 0.3) is 0 Å². The maximum Gasteiger partial charge on any atom is 0.220 e. The first-order valence-electron chi connectivity index (χ1n) is 12.1. The number of ether oxygens (including phenoxy) is 2. The summed E-state index contributed by atoms with van der Waals surface area (Å²) in [5.41, 5.74) is 3.76. The van der Waals surface area contributed by atoms with Crippen molar-refractivity contribution in [2.45, 2.75) is 37.8 Å². The van der Waals surface area contributed by atoms with Crippen molar-refractivity contribution in [3.63, 3.8) is 0 Å². The smallest absolute Gasteiger partial charge is 0.220 e. The van der Waals surface area contributed by atoms with Gasteiger partial charge in [0.15, 0.2) is 16.7 Å². The molecule has 0 spiro atoms. The average molecular weight is 564 g/mol. The van der Waals surface area contributed by atoms with E-state index in [4.69, 9.17) is 21.1 Å². The van der Waals surface area contributed by atoms with Crippen LogP contribution in [0.3, 0.4) is 0 Å². The van der Waals surface area contributed by atoms with E-state index in [1.54, 1.807) is 30.3 Å². The van der Waals surface area contributed by atoms with Gasteiger partial charge in [-0.3, -0.25) is 14.7 Å². The van der Waals surface area contributed by atoms with Crippen LogP contribution in [-0.4, -0.2) is 32.8 Å². The molecule has 0 aliphatic rings. The summed E-state index contributed by atoms with van der Waals surface area (Å²) in [6.45, 7) is 5.72. The topological polar surface area (TPSA) is 116 Å². The van der Waals surface area contributed by atoms with E-state index in [1.807, 2.05) is 55.7 Å². The fraction of sp³-hybridized carbons (Fsp3) is 0.250. The second-order valence-corrected chi connectivity index (χ2v) is 10.2. The number of rotatable bonds is 11. The molecule has 0 bridgehead atoms. The highest BCUT2D eigenvalue weighted by Gasteiger charge is 2.26. The predicted octanol–water partition coefficient (Wildman–Crippen LogP) is 6.50. The molecule has 9 nitrogen and oxygen atoms in total. The van der Waals surface area contributed by atoms with Gasteiger partial charge in [0, 0.05) is 16.2 Å². The minimum Gasteiger partial charge on any atom is -0.490 e. The van der Waals surface area contributed by atoms with Gasteiger partial charge in [-0.05, 0) is 56.7 Å². The molecule has 11 heteroatoms.